The topological polar surface area (TPSA) is 161 Å². The Labute approximate surface area is 280 Å². The Hall–Kier alpha value is -4.16. The van der Waals surface area contributed by atoms with Gasteiger partial charge in [0.1, 0.15) is 28.0 Å². The number of para-hydroxylation sites is 1. The van der Waals surface area contributed by atoms with Gasteiger partial charge in [-0.15, -0.1) is 0 Å². The molecule has 4 spiro atoms. The lowest BCUT2D eigenvalue weighted by molar-refractivity contribution is -0.184. The number of carbonyl (C=O) groups excluding carboxylic acids is 5. The van der Waals surface area contributed by atoms with Gasteiger partial charge in [0.05, 0.1) is 6.54 Å². The highest BCUT2D eigenvalue weighted by Crippen LogP contribution is 2.44. The van der Waals surface area contributed by atoms with Crippen molar-refractivity contribution < 1.29 is 29.2 Å². The molecule has 4 N–H and O–H groups in total. The zero-order valence-electron chi connectivity index (χ0n) is 27.5. The molecule has 254 valence electrons. The van der Waals surface area contributed by atoms with Crippen molar-refractivity contribution in [2.75, 3.05) is 30.3 Å². The van der Waals surface area contributed by atoms with Crippen LogP contribution in [0.3, 0.4) is 0 Å². The van der Waals surface area contributed by atoms with Crippen molar-refractivity contribution in [2.45, 2.75) is 106 Å². The van der Waals surface area contributed by atoms with Gasteiger partial charge in [-0.2, -0.15) is 5.06 Å². The molecule has 3 aliphatic carbocycles. The fourth-order valence-electron chi connectivity index (χ4n) is 8.50. The predicted octanol–water partition coefficient (Wildman–Crippen LogP) is 2.98. The molecule has 0 radical (unpaired) electrons. The van der Waals surface area contributed by atoms with E-state index in [1.165, 1.54) is 10.6 Å². The Bertz CT molecular complexity index is 1550. The quantitative estimate of drug-likeness (QED) is 0.311. The third kappa shape index (κ3) is 5.20. The first kappa shape index (κ1) is 32.4. The first-order valence-corrected chi connectivity index (χ1v) is 17.2. The molecular weight excluding hydrogens is 612 g/mol. The standard InChI is InChI=1S/C11H11NO.C9H9N3O.C9H13NO2.C7H11NO2/c13-10-5-6-11(10)7-8-3-1-2-4-9(8)12-11;13-8-9(5-11-8)4-6-2-1-3-10-7(6)12-9;1-7(11)10-6-2-4-9(10)5-3-8(9)12;9-6-2-4-7(6)3-1-5-8(7)10/h1-4,12H,5-7H2;1-3H,4-5H2,(H,10,12)(H,11,13);2-6H2,1H3;10H,1-5H2. The maximum atomic E-state index is 11.5. The number of nitrogens with zero attached hydrogens (tertiary/aromatic N) is 3. The number of β-lactam (4-membered cyclic amide) rings is 1. The van der Waals surface area contributed by atoms with Crippen molar-refractivity contribution in [2.24, 2.45) is 0 Å². The Morgan fingerprint density at radius 2 is 1.44 bits per heavy atom. The Morgan fingerprint density at radius 3 is 1.90 bits per heavy atom. The van der Waals surface area contributed by atoms with Crippen molar-refractivity contribution in [1.82, 2.24) is 20.3 Å². The number of nitrogens with one attached hydrogen (secondary N) is 3. The van der Waals surface area contributed by atoms with Gasteiger partial charge < -0.3 is 26.1 Å². The second-order valence-electron chi connectivity index (χ2n) is 14.5. The molecular formula is C36H44N6O6. The van der Waals surface area contributed by atoms with Crippen LogP contribution in [-0.4, -0.2) is 91.1 Å². The number of hydrogen-bond donors (Lipinski definition) is 4. The van der Waals surface area contributed by atoms with Crippen LogP contribution in [0.4, 0.5) is 11.5 Å². The lowest BCUT2D eigenvalue weighted by atomic mass is 9.73. The summed E-state index contributed by atoms with van der Waals surface area (Å²) in [7, 11) is 0. The summed E-state index contributed by atoms with van der Waals surface area (Å²) in [6.07, 6.45) is 11.9. The fraction of sp³-hybridized carbons (Fsp3) is 0.556. The number of ketones is 3. The van der Waals surface area contributed by atoms with Crippen LogP contribution in [0, 0.1) is 0 Å². The summed E-state index contributed by atoms with van der Waals surface area (Å²) in [5, 5.41) is 19.8. The fourth-order valence-corrected chi connectivity index (χ4v) is 8.50. The highest BCUT2D eigenvalue weighted by Gasteiger charge is 2.55. The van der Waals surface area contributed by atoms with E-state index in [1.807, 2.05) is 24.3 Å². The van der Waals surface area contributed by atoms with Gasteiger partial charge in [-0.1, -0.05) is 24.3 Å². The molecule has 3 saturated heterocycles. The molecule has 2 aromatic rings. The predicted molar refractivity (Wildman–Crippen MR) is 176 cm³/mol. The van der Waals surface area contributed by atoms with Crippen molar-refractivity contribution in [1.29, 1.82) is 0 Å². The van der Waals surface area contributed by atoms with Crippen molar-refractivity contribution in [3.63, 3.8) is 0 Å². The average Bonchev–Trinajstić information content (AvgIpc) is 3.90. The first-order chi connectivity index (χ1) is 23.0. The van der Waals surface area contributed by atoms with E-state index < -0.39 is 5.54 Å². The van der Waals surface area contributed by atoms with E-state index in [0.29, 0.717) is 31.7 Å². The van der Waals surface area contributed by atoms with Gasteiger partial charge in [0, 0.05) is 64.0 Å². The second kappa shape index (κ2) is 12.1. The van der Waals surface area contributed by atoms with Gasteiger partial charge in [-0.25, -0.2) is 4.98 Å². The van der Waals surface area contributed by atoms with E-state index in [1.54, 1.807) is 18.0 Å². The molecule has 10 rings (SSSR count). The largest absolute Gasteiger partial charge is 0.372 e. The molecule has 4 unspecified atom stereocenters. The van der Waals surface area contributed by atoms with Gasteiger partial charge in [0.2, 0.25) is 11.8 Å². The highest BCUT2D eigenvalue weighted by molar-refractivity contribution is 6.00. The van der Waals surface area contributed by atoms with Crippen LogP contribution in [0.25, 0.3) is 0 Å². The molecule has 6 fully saturated rings. The summed E-state index contributed by atoms with van der Waals surface area (Å²) in [5.74, 6) is 1.88. The molecule has 48 heavy (non-hydrogen) atoms. The number of carbonyl (C=O) groups is 5. The number of pyridine rings is 1. The maximum Gasteiger partial charge on any atom is 0.248 e. The minimum Gasteiger partial charge on any atom is -0.372 e. The van der Waals surface area contributed by atoms with Crippen molar-refractivity contribution >= 4 is 40.7 Å². The number of rotatable bonds is 0. The van der Waals surface area contributed by atoms with Gasteiger partial charge >= 0.3 is 0 Å². The monoisotopic (exact) mass is 656 g/mol. The molecule has 1 aromatic carbocycles. The van der Waals surface area contributed by atoms with Crippen LogP contribution in [0.5, 0.6) is 0 Å². The van der Waals surface area contributed by atoms with Crippen LogP contribution in [0.2, 0.25) is 0 Å². The number of hydroxylamine groups is 2. The minimum absolute atomic E-state index is 0.0561. The first-order valence-electron chi connectivity index (χ1n) is 17.2. The smallest absolute Gasteiger partial charge is 0.248 e. The van der Waals surface area contributed by atoms with Crippen molar-refractivity contribution in [3.8, 4) is 0 Å². The van der Waals surface area contributed by atoms with Gasteiger partial charge in [-0.3, -0.25) is 24.0 Å². The minimum atomic E-state index is -0.417. The van der Waals surface area contributed by atoms with Crippen LogP contribution < -0.4 is 16.0 Å². The SMILES string of the molecule is CC(=O)N1CCCC12CCC2=O.O=C1CCC12CCCN2O.O=C1CCC12Cc1ccccc1N2.O=C1NCC12Cc1cccnc1N2. The van der Waals surface area contributed by atoms with E-state index in [0.717, 1.165) is 87.8 Å². The molecule has 1 aromatic heterocycles. The Morgan fingerprint density at radius 1 is 0.771 bits per heavy atom. The third-order valence-corrected chi connectivity index (χ3v) is 11.8. The normalized spacial score (nSPS) is 32.9. The van der Waals surface area contributed by atoms with E-state index in [4.69, 9.17) is 0 Å². The van der Waals surface area contributed by atoms with Crippen LogP contribution in [0.1, 0.15) is 82.3 Å². The summed E-state index contributed by atoms with van der Waals surface area (Å²) >= 11 is 0. The van der Waals surface area contributed by atoms with Gasteiger partial charge in [0.15, 0.2) is 17.3 Å². The summed E-state index contributed by atoms with van der Waals surface area (Å²) in [5.41, 5.74) is 2.23. The van der Waals surface area contributed by atoms with Crippen LogP contribution in [0.15, 0.2) is 42.6 Å². The highest BCUT2D eigenvalue weighted by atomic mass is 16.5. The lowest BCUT2D eigenvalue weighted by Gasteiger charge is -2.43. The second-order valence-corrected chi connectivity index (χ2v) is 14.5. The number of amides is 2. The molecule has 12 nitrogen and oxygen atoms in total. The summed E-state index contributed by atoms with van der Waals surface area (Å²) in [6.45, 7) is 3.72. The van der Waals surface area contributed by atoms with E-state index in [9.17, 15) is 29.2 Å². The molecule has 2 amide bonds. The molecule has 3 saturated carbocycles. The Balaban J connectivity index is 0.000000102. The zero-order valence-corrected chi connectivity index (χ0v) is 27.5. The number of Topliss-reactive ketones (excluding diaryl/α,β-unsaturated/α-hetero) is 3. The zero-order chi connectivity index (χ0) is 33.7. The van der Waals surface area contributed by atoms with Crippen LogP contribution >= 0.6 is 0 Å². The van der Waals surface area contributed by atoms with Gasteiger partial charge in [-0.05, 0) is 68.2 Å². The summed E-state index contributed by atoms with van der Waals surface area (Å²) < 4.78 is 0. The summed E-state index contributed by atoms with van der Waals surface area (Å²) in [6, 6.07) is 12.1. The lowest BCUT2D eigenvalue weighted by Crippen LogP contribution is -2.68. The summed E-state index contributed by atoms with van der Waals surface area (Å²) in [4.78, 5) is 62.3. The molecule has 0 bridgehead atoms. The van der Waals surface area contributed by atoms with E-state index in [2.05, 4.69) is 33.1 Å². The van der Waals surface area contributed by atoms with Gasteiger partial charge in [0.25, 0.3) is 0 Å². The number of fused-ring (bicyclic) bond motifs is 2. The Kier molecular flexibility index (Phi) is 8.14. The maximum absolute atomic E-state index is 11.5. The molecule has 8 aliphatic rings. The molecule has 5 aliphatic heterocycles. The molecule has 4 atom stereocenters. The third-order valence-electron chi connectivity index (χ3n) is 11.8. The molecule has 12 heteroatoms. The average molecular weight is 657 g/mol. The van der Waals surface area contributed by atoms with Crippen LogP contribution in [-0.2, 0) is 36.8 Å². The molecule has 6 heterocycles. The van der Waals surface area contributed by atoms with Crippen molar-refractivity contribution in [3.05, 3.63) is 53.7 Å². The van der Waals surface area contributed by atoms with E-state index >= 15 is 0 Å². The number of hydrogen-bond acceptors (Lipinski definition) is 10. The number of aromatic nitrogens is 1. The number of likely N-dealkylation sites (tertiary alicyclic amines) is 1. The number of anilines is 2. The van der Waals surface area contributed by atoms with E-state index in [-0.39, 0.29) is 40.0 Å². The number of benzene rings is 1.